The third-order valence-corrected chi connectivity index (χ3v) is 4.24. The van der Waals surface area contributed by atoms with Crippen molar-refractivity contribution in [1.29, 1.82) is 0 Å². The first kappa shape index (κ1) is 16.6. The van der Waals surface area contributed by atoms with Gasteiger partial charge in [0.2, 0.25) is 5.88 Å². The Morgan fingerprint density at radius 1 is 1.21 bits per heavy atom. The zero-order valence-electron chi connectivity index (χ0n) is 13.8. The molecule has 2 aliphatic rings. The number of carbonyl (C=O) groups is 2. The average Bonchev–Trinajstić information content (AvgIpc) is 3.16. The maximum Gasteiger partial charge on any atom is 0.274 e. The fourth-order valence-electron chi connectivity index (χ4n) is 2.93. The molecule has 8 nitrogen and oxygen atoms in total. The van der Waals surface area contributed by atoms with Crippen LogP contribution in [0, 0.1) is 0 Å². The number of aromatic nitrogens is 2. The quantitative estimate of drug-likeness (QED) is 0.789. The van der Waals surface area contributed by atoms with Gasteiger partial charge in [0.15, 0.2) is 5.69 Å². The molecule has 2 aliphatic heterocycles. The van der Waals surface area contributed by atoms with Gasteiger partial charge in [-0.3, -0.25) is 9.59 Å². The van der Waals surface area contributed by atoms with Crippen molar-refractivity contribution in [1.82, 2.24) is 20.0 Å². The molecular formula is C16H22N4O4. The van der Waals surface area contributed by atoms with E-state index in [2.05, 4.69) is 10.2 Å². The van der Waals surface area contributed by atoms with Crippen LogP contribution in [0.4, 0.5) is 0 Å². The van der Waals surface area contributed by atoms with E-state index >= 15 is 0 Å². The molecule has 3 rings (SSSR count). The lowest BCUT2D eigenvalue weighted by molar-refractivity contribution is -0.142. The maximum absolute atomic E-state index is 12.5. The molecule has 130 valence electrons. The van der Waals surface area contributed by atoms with Crippen LogP contribution in [-0.4, -0.2) is 77.3 Å². The van der Waals surface area contributed by atoms with E-state index < -0.39 is 0 Å². The summed E-state index contributed by atoms with van der Waals surface area (Å²) in [5.41, 5.74) is 0.289. The van der Waals surface area contributed by atoms with E-state index in [0.717, 1.165) is 12.8 Å². The van der Waals surface area contributed by atoms with Gasteiger partial charge in [-0.1, -0.05) is 0 Å². The first-order valence-electron chi connectivity index (χ1n) is 8.35. The second-order valence-corrected chi connectivity index (χ2v) is 5.81. The first-order valence-corrected chi connectivity index (χ1v) is 8.35. The van der Waals surface area contributed by atoms with Gasteiger partial charge in [-0.2, -0.15) is 0 Å². The van der Waals surface area contributed by atoms with Gasteiger partial charge >= 0.3 is 0 Å². The molecule has 0 aliphatic carbocycles. The van der Waals surface area contributed by atoms with Crippen LogP contribution in [0.2, 0.25) is 0 Å². The van der Waals surface area contributed by atoms with Crippen LogP contribution in [0.25, 0.3) is 0 Å². The van der Waals surface area contributed by atoms with Gasteiger partial charge < -0.3 is 19.3 Å². The van der Waals surface area contributed by atoms with Crippen molar-refractivity contribution < 1.29 is 19.1 Å². The summed E-state index contributed by atoms with van der Waals surface area (Å²) < 4.78 is 10.7. The SMILES string of the molecule is CCOc1ccc(C(=O)N2CCN(C(=O)C3CCCO3)CC2)nn1. The third kappa shape index (κ3) is 3.64. The first-order chi connectivity index (χ1) is 11.7. The van der Waals surface area contributed by atoms with Gasteiger partial charge in [-0.25, -0.2) is 0 Å². The van der Waals surface area contributed by atoms with Crippen LogP contribution in [0.5, 0.6) is 5.88 Å². The highest BCUT2D eigenvalue weighted by atomic mass is 16.5. The van der Waals surface area contributed by atoms with E-state index in [1.54, 1.807) is 21.9 Å². The van der Waals surface area contributed by atoms with Crippen molar-refractivity contribution in [3.63, 3.8) is 0 Å². The molecule has 2 saturated heterocycles. The van der Waals surface area contributed by atoms with Crippen LogP contribution >= 0.6 is 0 Å². The summed E-state index contributed by atoms with van der Waals surface area (Å²) in [6.45, 7) is 5.05. The summed E-state index contributed by atoms with van der Waals surface area (Å²) in [7, 11) is 0. The smallest absolute Gasteiger partial charge is 0.274 e. The lowest BCUT2D eigenvalue weighted by Crippen LogP contribution is -2.52. The highest BCUT2D eigenvalue weighted by Gasteiger charge is 2.31. The Balaban J connectivity index is 1.53. The molecule has 0 bridgehead atoms. The standard InChI is InChI=1S/C16H22N4O4/c1-2-23-14-6-5-12(17-18-14)15(21)19-7-9-20(10-8-19)16(22)13-4-3-11-24-13/h5-6,13H,2-4,7-11H2,1H3. The maximum atomic E-state index is 12.5. The lowest BCUT2D eigenvalue weighted by atomic mass is 10.2. The molecule has 1 unspecified atom stereocenters. The molecule has 3 heterocycles. The third-order valence-electron chi connectivity index (χ3n) is 4.24. The van der Waals surface area contributed by atoms with Gasteiger partial charge in [0.25, 0.3) is 11.8 Å². The summed E-state index contributed by atoms with van der Waals surface area (Å²) in [4.78, 5) is 28.2. The van der Waals surface area contributed by atoms with Crippen molar-refractivity contribution in [2.24, 2.45) is 0 Å². The van der Waals surface area contributed by atoms with Crippen molar-refractivity contribution in [2.45, 2.75) is 25.9 Å². The topological polar surface area (TPSA) is 84.9 Å². The minimum absolute atomic E-state index is 0.0421. The number of hydrogen-bond acceptors (Lipinski definition) is 6. The summed E-state index contributed by atoms with van der Waals surface area (Å²) in [6.07, 6.45) is 1.43. The molecule has 1 aromatic rings. The average molecular weight is 334 g/mol. The van der Waals surface area contributed by atoms with Crippen molar-refractivity contribution in [3.8, 4) is 5.88 Å². The van der Waals surface area contributed by atoms with Gasteiger partial charge in [0, 0.05) is 38.9 Å². The van der Waals surface area contributed by atoms with E-state index in [1.165, 1.54) is 0 Å². The highest BCUT2D eigenvalue weighted by molar-refractivity contribution is 5.92. The predicted octanol–water partition coefficient (Wildman–Crippen LogP) is 0.339. The van der Waals surface area contributed by atoms with Crippen LogP contribution < -0.4 is 4.74 Å². The minimum atomic E-state index is -0.302. The van der Waals surface area contributed by atoms with E-state index in [-0.39, 0.29) is 23.6 Å². The van der Waals surface area contributed by atoms with Crippen LogP contribution in [0.15, 0.2) is 12.1 Å². The number of amides is 2. The van der Waals surface area contributed by atoms with E-state index in [9.17, 15) is 9.59 Å². The van der Waals surface area contributed by atoms with Crippen molar-refractivity contribution in [2.75, 3.05) is 39.4 Å². The van der Waals surface area contributed by atoms with Crippen LogP contribution in [0.3, 0.4) is 0 Å². The zero-order valence-corrected chi connectivity index (χ0v) is 13.8. The number of rotatable bonds is 4. The normalized spacial score (nSPS) is 21.0. The minimum Gasteiger partial charge on any atom is -0.477 e. The fourth-order valence-corrected chi connectivity index (χ4v) is 2.93. The van der Waals surface area contributed by atoms with Gasteiger partial charge in [-0.05, 0) is 25.8 Å². The fraction of sp³-hybridized carbons (Fsp3) is 0.625. The molecule has 24 heavy (non-hydrogen) atoms. The monoisotopic (exact) mass is 334 g/mol. The summed E-state index contributed by atoms with van der Waals surface area (Å²) in [6, 6.07) is 3.26. The zero-order chi connectivity index (χ0) is 16.9. The number of hydrogen-bond donors (Lipinski definition) is 0. The predicted molar refractivity (Wildman–Crippen MR) is 84.7 cm³/mol. The number of carbonyl (C=O) groups excluding carboxylic acids is 2. The van der Waals surface area contributed by atoms with E-state index in [0.29, 0.717) is 45.3 Å². The number of ether oxygens (including phenoxy) is 2. The molecular weight excluding hydrogens is 312 g/mol. The molecule has 1 aromatic heterocycles. The molecule has 0 aromatic carbocycles. The summed E-state index contributed by atoms with van der Waals surface area (Å²) in [5.74, 6) is 0.274. The molecule has 8 heteroatoms. The van der Waals surface area contributed by atoms with Crippen molar-refractivity contribution >= 4 is 11.8 Å². The summed E-state index contributed by atoms with van der Waals surface area (Å²) >= 11 is 0. The van der Waals surface area contributed by atoms with Crippen LogP contribution in [-0.2, 0) is 9.53 Å². The second-order valence-electron chi connectivity index (χ2n) is 5.81. The van der Waals surface area contributed by atoms with E-state index in [1.807, 2.05) is 6.92 Å². The van der Waals surface area contributed by atoms with Crippen LogP contribution in [0.1, 0.15) is 30.3 Å². The molecule has 0 radical (unpaired) electrons. The highest BCUT2D eigenvalue weighted by Crippen LogP contribution is 2.16. The lowest BCUT2D eigenvalue weighted by Gasteiger charge is -2.35. The Morgan fingerprint density at radius 2 is 1.96 bits per heavy atom. The summed E-state index contributed by atoms with van der Waals surface area (Å²) in [5, 5.41) is 7.80. The molecule has 0 N–H and O–H groups in total. The Bertz CT molecular complexity index is 578. The second kappa shape index (κ2) is 7.57. The Morgan fingerprint density at radius 3 is 2.54 bits per heavy atom. The van der Waals surface area contributed by atoms with Gasteiger partial charge in [0.1, 0.15) is 6.10 Å². The number of nitrogens with zero attached hydrogens (tertiary/aromatic N) is 4. The van der Waals surface area contributed by atoms with Gasteiger partial charge in [0.05, 0.1) is 6.61 Å². The van der Waals surface area contributed by atoms with Gasteiger partial charge in [-0.15, -0.1) is 10.2 Å². The molecule has 0 spiro atoms. The molecule has 2 amide bonds. The largest absolute Gasteiger partial charge is 0.477 e. The number of piperazine rings is 1. The molecule has 2 fully saturated rings. The molecule has 1 atom stereocenters. The molecule has 0 saturated carbocycles. The van der Waals surface area contributed by atoms with Crippen molar-refractivity contribution in [3.05, 3.63) is 17.8 Å². The van der Waals surface area contributed by atoms with E-state index in [4.69, 9.17) is 9.47 Å². The Labute approximate surface area is 140 Å². The Kier molecular flexibility index (Phi) is 5.24. The Hall–Kier alpha value is -2.22.